The highest BCUT2D eigenvalue weighted by Gasteiger charge is 2.19. The maximum atomic E-state index is 12.5. The number of benzene rings is 1. The quantitative estimate of drug-likeness (QED) is 0.759. The number of aromatic nitrogens is 2. The molecule has 5 nitrogen and oxygen atoms in total. The van der Waals surface area contributed by atoms with Crippen LogP contribution in [0.25, 0.3) is 4.96 Å². The Bertz CT molecular complexity index is 960. The molecule has 1 aliphatic rings. The van der Waals surface area contributed by atoms with Crippen molar-refractivity contribution in [3.8, 4) is 0 Å². The minimum Gasteiger partial charge on any atom is -0.322 e. The predicted molar refractivity (Wildman–Crippen MR) is 101 cm³/mol. The van der Waals surface area contributed by atoms with Crippen molar-refractivity contribution in [1.82, 2.24) is 9.38 Å². The summed E-state index contributed by atoms with van der Waals surface area (Å²) in [6.45, 7) is 0. The zero-order valence-electron chi connectivity index (χ0n) is 12.5. The molecule has 0 saturated carbocycles. The lowest BCUT2D eigenvalue weighted by Gasteiger charge is -2.11. The van der Waals surface area contributed by atoms with E-state index in [0.29, 0.717) is 15.2 Å². The first-order chi connectivity index (χ1) is 11.7. The summed E-state index contributed by atoms with van der Waals surface area (Å²) in [6, 6.07) is 7.80. The molecule has 0 spiro atoms. The molecule has 4 rings (SSSR count). The Hall–Kier alpha value is -1.77. The summed E-state index contributed by atoms with van der Waals surface area (Å²) in [6.07, 6.45) is 2.97. The Morgan fingerprint density at radius 2 is 2.12 bits per heavy atom. The topological polar surface area (TPSA) is 63.5 Å². The molecule has 122 valence electrons. The van der Waals surface area contributed by atoms with E-state index in [9.17, 15) is 9.59 Å². The van der Waals surface area contributed by atoms with Gasteiger partial charge in [-0.3, -0.25) is 14.0 Å². The number of hydrogen-bond donors (Lipinski definition) is 1. The van der Waals surface area contributed by atoms with Crippen LogP contribution in [0.15, 0.2) is 46.8 Å². The molecule has 8 heteroatoms. The van der Waals surface area contributed by atoms with E-state index in [2.05, 4.69) is 16.4 Å². The number of nitrogens with zero attached hydrogens (tertiary/aromatic N) is 2. The third-order valence-electron chi connectivity index (χ3n) is 3.63. The Kier molecular flexibility index (Phi) is 4.34. The molecule has 1 saturated heterocycles. The fourth-order valence-corrected chi connectivity index (χ4v) is 6.01. The van der Waals surface area contributed by atoms with Gasteiger partial charge in [-0.1, -0.05) is 12.1 Å². The van der Waals surface area contributed by atoms with Gasteiger partial charge in [-0.15, -0.1) is 34.9 Å². The molecule has 1 aliphatic heterocycles. The number of carbonyl (C=O) groups excluding carboxylic acids is 1. The normalized spacial score (nSPS) is 15.0. The van der Waals surface area contributed by atoms with E-state index in [1.54, 1.807) is 11.6 Å². The van der Waals surface area contributed by atoms with Crippen LogP contribution in [0.2, 0.25) is 0 Å². The summed E-state index contributed by atoms with van der Waals surface area (Å²) in [5.74, 6) is 1.86. The average Bonchev–Trinajstić information content (AvgIpc) is 3.27. The van der Waals surface area contributed by atoms with Crippen LogP contribution in [0.1, 0.15) is 20.5 Å². The highest BCUT2D eigenvalue weighted by Crippen LogP contribution is 2.45. The van der Waals surface area contributed by atoms with Gasteiger partial charge in [-0.25, -0.2) is 4.98 Å². The van der Waals surface area contributed by atoms with Gasteiger partial charge in [-0.05, 0) is 17.7 Å². The van der Waals surface area contributed by atoms with Crippen molar-refractivity contribution in [3.63, 3.8) is 0 Å². The van der Waals surface area contributed by atoms with E-state index >= 15 is 0 Å². The third-order valence-corrected chi connectivity index (χ3v) is 7.50. The van der Waals surface area contributed by atoms with Crippen LogP contribution in [0, 0.1) is 0 Å². The third kappa shape index (κ3) is 2.97. The molecular weight excluding hydrogens is 362 g/mol. The second-order valence-electron chi connectivity index (χ2n) is 5.19. The van der Waals surface area contributed by atoms with E-state index in [0.717, 1.165) is 11.5 Å². The smallest absolute Gasteiger partial charge is 0.271 e. The number of anilines is 1. The SMILES string of the molecule is O=C(Nc1cccc(C2SCCS2)c1)c1cnc2sccn2c1=O. The first-order valence-corrected chi connectivity index (χ1v) is 10.3. The number of thioether (sulfide) groups is 2. The molecular formula is C16H13N3O2S3. The van der Waals surface area contributed by atoms with Crippen molar-refractivity contribution in [2.45, 2.75) is 4.58 Å². The van der Waals surface area contributed by atoms with Gasteiger partial charge >= 0.3 is 0 Å². The average molecular weight is 376 g/mol. The second kappa shape index (κ2) is 6.62. The molecule has 2 aromatic heterocycles. The van der Waals surface area contributed by atoms with Crippen LogP contribution in [0.4, 0.5) is 5.69 Å². The molecule has 0 atom stereocenters. The number of nitrogens with one attached hydrogen (secondary N) is 1. The molecule has 1 aromatic carbocycles. The molecule has 0 aliphatic carbocycles. The maximum Gasteiger partial charge on any atom is 0.271 e. The van der Waals surface area contributed by atoms with Crippen molar-refractivity contribution >= 4 is 51.4 Å². The number of carbonyl (C=O) groups is 1. The van der Waals surface area contributed by atoms with E-state index in [-0.39, 0.29) is 11.1 Å². The fraction of sp³-hybridized carbons (Fsp3) is 0.188. The molecule has 3 aromatic rings. The summed E-state index contributed by atoms with van der Waals surface area (Å²) in [4.78, 5) is 29.6. The molecule has 1 N–H and O–H groups in total. The summed E-state index contributed by atoms with van der Waals surface area (Å²) < 4.78 is 1.80. The lowest BCUT2D eigenvalue weighted by atomic mass is 10.2. The first-order valence-electron chi connectivity index (χ1n) is 7.32. The van der Waals surface area contributed by atoms with E-state index in [1.807, 2.05) is 41.7 Å². The Morgan fingerprint density at radius 3 is 2.96 bits per heavy atom. The number of amides is 1. The number of fused-ring (bicyclic) bond motifs is 1. The summed E-state index contributed by atoms with van der Waals surface area (Å²) in [7, 11) is 0. The van der Waals surface area contributed by atoms with E-state index < -0.39 is 5.91 Å². The largest absolute Gasteiger partial charge is 0.322 e. The highest BCUT2D eigenvalue weighted by atomic mass is 32.2. The monoisotopic (exact) mass is 375 g/mol. The maximum absolute atomic E-state index is 12.5. The zero-order valence-corrected chi connectivity index (χ0v) is 14.9. The van der Waals surface area contributed by atoms with E-state index in [1.165, 1.54) is 27.5 Å². The van der Waals surface area contributed by atoms with Gasteiger partial charge in [-0.2, -0.15) is 0 Å². The van der Waals surface area contributed by atoms with Gasteiger partial charge in [0, 0.05) is 35.0 Å². The van der Waals surface area contributed by atoms with Crippen LogP contribution in [-0.4, -0.2) is 26.8 Å². The molecule has 1 fully saturated rings. The van der Waals surface area contributed by atoms with Gasteiger partial charge in [0.25, 0.3) is 11.5 Å². The Balaban J connectivity index is 1.60. The second-order valence-corrected chi connectivity index (χ2v) is 8.78. The fourth-order valence-electron chi connectivity index (χ4n) is 2.49. The minimum atomic E-state index is -0.433. The van der Waals surface area contributed by atoms with Crippen LogP contribution >= 0.6 is 34.9 Å². The lowest BCUT2D eigenvalue weighted by molar-refractivity contribution is 0.102. The Morgan fingerprint density at radius 1 is 1.29 bits per heavy atom. The number of rotatable bonds is 3. The van der Waals surface area contributed by atoms with Crippen LogP contribution in [-0.2, 0) is 0 Å². The minimum absolute atomic E-state index is 0.0425. The van der Waals surface area contributed by atoms with E-state index in [4.69, 9.17) is 0 Å². The standard InChI is InChI=1S/C16H13N3O2S3/c20-13(12-9-17-16-19(14(12)21)4-5-24-16)18-11-3-1-2-10(8-11)15-22-6-7-23-15/h1-5,8-9,15H,6-7H2,(H,18,20). The molecule has 24 heavy (non-hydrogen) atoms. The highest BCUT2D eigenvalue weighted by molar-refractivity contribution is 8.19. The molecule has 3 heterocycles. The molecule has 0 unspecified atom stereocenters. The zero-order chi connectivity index (χ0) is 16.5. The van der Waals surface area contributed by atoms with Gasteiger partial charge in [0.15, 0.2) is 4.96 Å². The van der Waals surface area contributed by atoms with Crippen LogP contribution in [0.5, 0.6) is 0 Å². The van der Waals surface area contributed by atoms with Crippen molar-refractivity contribution in [2.75, 3.05) is 16.8 Å². The van der Waals surface area contributed by atoms with Crippen molar-refractivity contribution < 1.29 is 4.79 Å². The van der Waals surface area contributed by atoms with Crippen molar-refractivity contribution in [2.24, 2.45) is 0 Å². The van der Waals surface area contributed by atoms with Gasteiger partial charge in [0.2, 0.25) is 0 Å². The summed E-state index contributed by atoms with van der Waals surface area (Å²) >= 11 is 5.18. The first kappa shape index (κ1) is 15.7. The van der Waals surface area contributed by atoms with Crippen molar-refractivity contribution in [3.05, 3.63) is 63.5 Å². The lowest BCUT2D eigenvalue weighted by Crippen LogP contribution is -2.25. The van der Waals surface area contributed by atoms with Gasteiger partial charge in [0.05, 0.1) is 4.58 Å². The predicted octanol–water partition coefficient (Wildman–Crippen LogP) is 3.49. The summed E-state index contributed by atoms with van der Waals surface area (Å²) in [5, 5.41) is 4.58. The number of hydrogen-bond acceptors (Lipinski definition) is 6. The van der Waals surface area contributed by atoms with Gasteiger partial charge < -0.3 is 5.32 Å². The van der Waals surface area contributed by atoms with Crippen LogP contribution in [0.3, 0.4) is 0 Å². The van der Waals surface area contributed by atoms with Gasteiger partial charge in [0.1, 0.15) is 5.56 Å². The van der Waals surface area contributed by atoms with Crippen molar-refractivity contribution in [1.29, 1.82) is 0 Å². The molecule has 1 amide bonds. The Labute approximate surface area is 150 Å². The summed E-state index contributed by atoms with van der Waals surface area (Å²) in [5.41, 5.74) is 1.57. The molecule has 0 radical (unpaired) electrons. The van der Waals surface area contributed by atoms with Crippen LogP contribution < -0.4 is 10.9 Å². The number of thiazole rings is 1. The molecule has 0 bridgehead atoms.